The number of likely N-dealkylation sites (tertiary alicyclic amines) is 2. The van der Waals surface area contributed by atoms with Crippen LogP contribution in [0, 0.1) is 10.8 Å². The molecule has 0 saturated carbocycles. The third-order valence-electron chi connectivity index (χ3n) is 6.84. The van der Waals surface area contributed by atoms with E-state index in [1.807, 2.05) is 6.92 Å². The van der Waals surface area contributed by atoms with Gasteiger partial charge in [0, 0.05) is 32.6 Å². The molecule has 0 aromatic rings. The number of piperidine rings is 1. The fourth-order valence-corrected chi connectivity index (χ4v) is 5.14. The fraction of sp³-hybridized carbons (Fsp3) is 0.955. The van der Waals surface area contributed by atoms with Gasteiger partial charge in [0.1, 0.15) is 0 Å². The van der Waals surface area contributed by atoms with Gasteiger partial charge in [-0.2, -0.15) is 0 Å². The largest absolute Gasteiger partial charge is 0.343 e. The highest BCUT2D eigenvalue weighted by Crippen LogP contribution is 2.41. The Bertz CT molecular complexity index is 406. The quantitative estimate of drug-likeness (QED) is 0.547. The van der Waals surface area contributed by atoms with E-state index in [2.05, 4.69) is 30.6 Å². The molecule has 1 spiro atoms. The molecule has 0 radical (unpaired) electrons. The Balaban J connectivity index is 1.66. The van der Waals surface area contributed by atoms with Crippen molar-refractivity contribution in [3.05, 3.63) is 0 Å². The molecule has 1 amide bonds. The number of nitrogens with zero attached hydrogens (tertiary/aromatic N) is 2. The van der Waals surface area contributed by atoms with E-state index in [1.54, 1.807) is 0 Å². The van der Waals surface area contributed by atoms with Crippen LogP contribution in [0.5, 0.6) is 0 Å². The molecule has 0 aromatic heterocycles. The summed E-state index contributed by atoms with van der Waals surface area (Å²) in [5.41, 5.74) is 1.11. The van der Waals surface area contributed by atoms with Gasteiger partial charge in [0.25, 0.3) is 0 Å². The first-order chi connectivity index (χ1) is 12.0. The van der Waals surface area contributed by atoms with Crippen molar-refractivity contribution in [2.24, 2.45) is 10.8 Å². The standard InChI is InChI=1S/C22H42N2O/c1-5-8-11-21(4,10-6-2)12-9-15-23-18-22(19-23)13-16-24(17-14-22)20(25)7-3/h5-19H2,1-4H3. The van der Waals surface area contributed by atoms with E-state index in [-0.39, 0.29) is 0 Å². The highest BCUT2D eigenvalue weighted by Gasteiger charge is 2.44. The molecule has 2 rings (SSSR count). The smallest absolute Gasteiger partial charge is 0.222 e. The molecule has 2 aliphatic heterocycles. The number of carbonyl (C=O) groups is 1. The molecule has 1 unspecified atom stereocenters. The zero-order valence-electron chi connectivity index (χ0n) is 17.4. The number of unbranched alkanes of at least 4 members (excludes halogenated alkanes) is 1. The Hall–Kier alpha value is -0.570. The van der Waals surface area contributed by atoms with E-state index in [9.17, 15) is 4.79 Å². The summed E-state index contributed by atoms with van der Waals surface area (Å²) < 4.78 is 0. The number of hydrogen-bond acceptors (Lipinski definition) is 2. The van der Waals surface area contributed by atoms with Crippen molar-refractivity contribution in [2.45, 2.75) is 91.9 Å². The van der Waals surface area contributed by atoms with Crippen molar-refractivity contribution in [3.8, 4) is 0 Å². The lowest BCUT2D eigenvalue weighted by Crippen LogP contribution is -2.60. The van der Waals surface area contributed by atoms with Crippen molar-refractivity contribution in [1.29, 1.82) is 0 Å². The van der Waals surface area contributed by atoms with Crippen molar-refractivity contribution in [1.82, 2.24) is 9.80 Å². The first kappa shape index (κ1) is 20.7. The SMILES string of the molecule is CCCCC(C)(CCC)CCCN1CC2(CCN(C(=O)CC)CC2)C1. The first-order valence-corrected chi connectivity index (χ1v) is 11.0. The summed E-state index contributed by atoms with van der Waals surface area (Å²) in [6.07, 6.45) is 12.7. The third-order valence-corrected chi connectivity index (χ3v) is 6.84. The van der Waals surface area contributed by atoms with Gasteiger partial charge in [-0.25, -0.2) is 0 Å². The highest BCUT2D eigenvalue weighted by atomic mass is 16.2. The fourth-order valence-electron chi connectivity index (χ4n) is 5.14. The predicted octanol–water partition coefficient (Wildman–Crippen LogP) is 5.10. The van der Waals surface area contributed by atoms with E-state index in [4.69, 9.17) is 0 Å². The lowest BCUT2D eigenvalue weighted by atomic mass is 9.71. The molecule has 0 bridgehead atoms. The van der Waals surface area contributed by atoms with E-state index in [0.717, 1.165) is 13.1 Å². The predicted molar refractivity (Wildman–Crippen MR) is 107 cm³/mol. The van der Waals surface area contributed by atoms with Gasteiger partial charge in [0.2, 0.25) is 5.91 Å². The summed E-state index contributed by atoms with van der Waals surface area (Å²) in [4.78, 5) is 16.6. The molecule has 0 N–H and O–H groups in total. The zero-order chi connectivity index (χ0) is 18.3. The second kappa shape index (κ2) is 9.39. The van der Waals surface area contributed by atoms with Crippen LogP contribution in [-0.2, 0) is 4.79 Å². The second-order valence-electron chi connectivity index (χ2n) is 9.21. The number of rotatable bonds is 10. The van der Waals surface area contributed by atoms with Gasteiger partial charge < -0.3 is 9.80 Å². The van der Waals surface area contributed by atoms with Crippen LogP contribution in [-0.4, -0.2) is 48.4 Å². The Labute approximate surface area is 156 Å². The summed E-state index contributed by atoms with van der Waals surface area (Å²) in [5, 5.41) is 0. The average Bonchev–Trinajstić information content (AvgIpc) is 2.58. The van der Waals surface area contributed by atoms with Gasteiger partial charge in [-0.1, -0.05) is 47.0 Å². The summed E-state index contributed by atoms with van der Waals surface area (Å²) in [7, 11) is 0. The maximum atomic E-state index is 11.8. The molecule has 0 aromatic carbocycles. The van der Waals surface area contributed by atoms with Crippen LogP contribution in [0.4, 0.5) is 0 Å². The van der Waals surface area contributed by atoms with Crippen molar-refractivity contribution < 1.29 is 4.79 Å². The first-order valence-electron chi connectivity index (χ1n) is 11.0. The summed E-state index contributed by atoms with van der Waals surface area (Å²) >= 11 is 0. The molecule has 2 heterocycles. The van der Waals surface area contributed by atoms with Gasteiger partial charge in [0.05, 0.1) is 0 Å². The lowest BCUT2D eigenvalue weighted by molar-refractivity contribution is -0.136. The maximum Gasteiger partial charge on any atom is 0.222 e. The van der Waals surface area contributed by atoms with Crippen molar-refractivity contribution >= 4 is 5.91 Å². The molecular formula is C22H42N2O. The Morgan fingerprint density at radius 1 is 0.960 bits per heavy atom. The topological polar surface area (TPSA) is 23.6 Å². The molecule has 1 atom stereocenters. The van der Waals surface area contributed by atoms with Gasteiger partial charge >= 0.3 is 0 Å². The Morgan fingerprint density at radius 3 is 2.16 bits per heavy atom. The zero-order valence-corrected chi connectivity index (χ0v) is 17.4. The average molecular weight is 351 g/mol. The number of hydrogen-bond donors (Lipinski definition) is 0. The van der Waals surface area contributed by atoms with E-state index in [0.29, 0.717) is 23.2 Å². The van der Waals surface area contributed by atoms with E-state index >= 15 is 0 Å². The maximum absolute atomic E-state index is 11.8. The molecule has 146 valence electrons. The molecule has 25 heavy (non-hydrogen) atoms. The molecule has 0 aliphatic carbocycles. The van der Waals surface area contributed by atoms with Crippen LogP contribution in [0.1, 0.15) is 91.9 Å². The molecule has 2 saturated heterocycles. The van der Waals surface area contributed by atoms with E-state index < -0.39 is 0 Å². The monoisotopic (exact) mass is 350 g/mol. The third kappa shape index (κ3) is 5.70. The second-order valence-corrected chi connectivity index (χ2v) is 9.21. The van der Waals surface area contributed by atoms with Crippen LogP contribution in [0.3, 0.4) is 0 Å². The van der Waals surface area contributed by atoms with Crippen LogP contribution in [0.2, 0.25) is 0 Å². The Kier molecular flexibility index (Phi) is 7.79. The molecule has 3 nitrogen and oxygen atoms in total. The summed E-state index contributed by atoms with van der Waals surface area (Å²) in [5.74, 6) is 0.341. The van der Waals surface area contributed by atoms with Crippen molar-refractivity contribution in [2.75, 3.05) is 32.7 Å². The van der Waals surface area contributed by atoms with Gasteiger partial charge in [-0.15, -0.1) is 0 Å². The van der Waals surface area contributed by atoms with E-state index in [1.165, 1.54) is 77.4 Å². The summed E-state index contributed by atoms with van der Waals surface area (Å²) in [6.45, 7) is 15.0. The molecule has 2 fully saturated rings. The highest BCUT2D eigenvalue weighted by molar-refractivity contribution is 5.75. The van der Waals surface area contributed by atoms with Crippen LogP contribution in [0.25, 0.3) is 0 Å². The summed E-state index contributed by atoms with van der Waals surface area (Å²) in [6, 6.07) is 0. The van der Waals surface area contributed by atoms with Gasteiger partial charge in [-0.05, 0) is 55.9 Å². The van der Waals surface area contributed by atoms with Crippen LogP contribution in [0.15, 0.2) is 0 Å². The lowest BCUT2D eigenvalue weighted by Gasteiger charge is -2.54. The van der Waals surface area contributed by atoms with Gasteiger partial charge in [0.15, 0.2) is 0 Å². The van der Waals surface area contributed by atoms with Crippen LogP contribution >= 0.6 is 0 Å². The minimum absolute atomic E-state index is 0.341. The number of carbonyl (C=O) groups excluding carboxylic acids is 1. The minimum Gasteiger partial charge on any atom is -0.343 e. The van der Waals surface area contributed by atoms with Gasteiger partial charge in [-0.3, -0.25) is 4.79 Å². The normalized spacial score (nSPS) is 22.6. The molecule has 3 heteroatoms. The molecular weight excluding hydrogens is 308 g/mol. The minimum atomic E-state index is 0.341. The van der Waals surface area contributed by atoms with Crippen molar-refractivity contribution in [3.63, 3.8) is 0 Å². The van der Waals surface area contributed by atoms with Crippen LogP contribution < -0.4 is 0 Å². The molecule has 2 aliphatic rings. The Morgan fingerprint density at radius 2 is 1.60 bits per heavy atom. The number of amides is 1.